The first-order valence-corrected chi connectivity index (χ1v) is 13.2. The van der Waals surface area contributed by atoms with Crippen LogP contribution in [0.3, 0.4) is 0 Å². The van der Waals surface area contributed by atoms with Gasteiger partial charge in [0.1, 0.15) is 0 Å². The van der Waals surface area contributed by atoms with Crippen LogP contribution in [0.1, 0.15) is 49.9 Å². The van der Waals surface area contributed by atoms with Gasteiger partial charge in [0.05, 0.1) is 0 Å². The lowest BCUT2D eigenvalue weighted by molar-refractivity contribution is 0.660. The first kappa shape index (κ1) is 22.1. The first-order valence-electron chi connectivity index (χ1n) is 13.2. The fraction of sp³-hybridized carbons (Fsp3) is 0.167. The number of benzene rings is 5. The van der Waals surface area contributed by atoms with Crippen molar-refractivity contribution in [1.82, 2.24) is 0 Å². The molecule has 0 unspecified atom stereocenters. The van der Waals surface area contributed by atoms with Crippen molar-refractivity contribution in [2.75, 3.05) is 5.32 Å². The molecule has 0 spiro atoms. The summed E-state index contributed by atoms with van der Waals surface area (Å²) in [6.07, 6.45) is 0. The molecule has 0 heterocycles. The molecule has 0 saturated carbocycles. The third-order valence-electron chi connectivity index (χ3n) is 8.65. The van der Waals surface area contributed by atoms with Crippen LogP contribution in [0.15, 0.2) is 109 Å². The summed E-state index contributed by atoms with van der Waals surface area (Å²) in [4.78, 5) is 0. The molecule has 0 fully saturated rings. The summed E-state index contributed by atoms with van der Waals surface area (Å²) < 4.78 is 0. The smallest absolute Gasteiger partial charge is 0.0390 e. The van der Waals surface area contributed by atoms with Crippen LogP contribution in [-0.2, 0) is 10.8 Å². The van der Waals surface area contributed by atoms with E-state index in [0.717, 1.165) is 11.4 Å². The Hall–Kier alpha value is -4.10. The molecule has 0 aliphatic heterocycles. The zero-order valence-corrected chi connectivity index (χ0v) is 21.9. The number of nitrogens with one attached hydrogen (secondary N) is 1. The molecule has 0 bridgehead atoms. The van der Waals surface area contributed by atoms with Gasteiger partial charge in [0.2, 0.25) is 0 Å². The Balaban J connectivity index is 1.23. The van der Waals surface area contributed by atoms with Crippen molar-refractivity contribution in [1.29, 1.82) is 0 Å². The first-order chi connectivity index (χ1) is 17.8. The second-order valence-electron chi connectivity index (χ2n) is 11.6. The van der Waals surface area contributed by atoms with Gasteiger partial charge in [0.15, 0.2) is 0 Å². The van der Waals surface area contributed by atoms with E-state index in [-0.39, 0.29) is 10.8 Å². The summed E-state index contributed by atoms with van der Waals surface area (Å²) in [5.74, 6) is 0. The lowest BCUT2D eigenvalue weighted by Crippen LogP contribution is -2.14. The third kappa shape index (κ3) is 3.23. The molecule has 1 heteroatoms. The fourth-order valence-corrected chi connectivity index (χ4v) is 6.64. The highest BCUT2D eigenvalue weighted by atomic mass is 14.9. The highest BCUT2D eigenvalue weighted by Gasteiger charge is 2.36. The fourth-order valence-electron chi connectivity index (χ4n) is 6.64. The minimum atomic E-state index is 0.0329. The highest BCUT2D eigenvalue weighted by Crippen LogP contribution is 2.50. The lowest BCUT2D eigenvalue weighted by atomic mass is 9.82. The van der Waals surface area contributed by atoms with E-state index in [1.165, 1.54) is 55.6 Å². The maximum Gasteiger partial charge on any atom is 0.0390 e. The number of fused-ring (bicyclic) bond motifs is 6. The Labute approximate surface area is 219 Å². The van der Waals surface area contributed by atoms with Crippen LogP contribution in [0.4, 0.5) is 11.4 Å². The number of hydrogen-bond donors (Lipinski definition) is 1. The van der Waals surface area contributed by atoms with Crippen LogP contribution in [0.25, 0.3) is 33.4 Å². The molecule has 180 valence electrons. The van der Waals surface area contributed by atoms with Gasteiger partial charge in [0.25, 0.3) is 0 Å². The van der Waals surface area contributed by atoms with E-state index < -0.39 is 0 Å². The molecule has 0 atom stereocenters. The van der Waals surface area contributed by atoms with Crippen molar-refractivity contribution in [3.8, 4) is 33.4 Å². The van der Waals surface area contributed by atoms with Gasteiger partial charge in [-0.05, 0) is 86.0 Å². The maximum absolute atomic E-state index is 3.68. The van der Waals surface area contributed by atoms with E-state index >= 15 is 0 Å². The van der Waals surface area contributed by atoms with Crippen molar-refractivity contribution >= 4 is 11.4 Å². The van der Waals surface area contributed by atoms with Gasteiger partial charge in [-0.15, -0.1) is 0 Å². The maximum atomic E-state index is 3.68. The minimum Gasteiger partial charge on any atom is -0.355 e. The Morgan fingerprint density at radius 1 is 0.405 bits per heavy atom. The van der Waals surface area contributed by atoms with E-state index in [4.69, 9.17) is 0 Å². The van der Waals surface area contributed by atoms with E-state index in [9.17, 15) is 0 Å². The molecule has 0 saturated heterocycles. The highest BCUT2D eigenvalue weighted by molar-refractivity contribution is 5.86. The molecular weight excluding hydrogens is 446 g/mol. The topological polar surface area (TPSA) is 12.0 Å². The summed E-state index contributed by atoms with van der Waals surface area (Å²) in [7, 11) is 0. The third-order valence-corrected chi connectivity index (χ3v) is 8.65. The van der Waals surface area contributed by atoms with Crippen molar-refractivity contribution in [2.45, 2.75) is 38.5 Å². The van der Waals surface area contributed by atoms with Gasteiger partial charge >= 0.3 is 0 Å². The minimum absolute atomic E-state index is 0.0329. The van der Waals surface area contributed by atoms with Crippen LogP contribution in [0.2, 0.25) is 0 Å². The van der Waals surface area contributed by atoms with E-state index in [1.54, 1.807) is 0 Å². The van der Waals surface area contributed by atoms with Crippen LogP contribution in [0.5, 0.6) is 0 Å². The van der Waals surface area contributed by atoms with E-state index in [2.05, 4.69) is 142 Å². The van der Waals surface area contributed by atoms with Gasteiger partial charge in [-0.1, -0.05) is 107 Å². The van der Waals surface area contributed by atoms with Crippen molar-refractivity contribution in [3.63, 3.8) is 0 Å². The van der Waals surface area contributed by atoms with Crippen LogP contribution >= 0.6 is 0 Å². The molecule has 0 radical (unpaired) electrons. The summed E-state index contributed by atoms with van der Waals surface area (Å²) in [6, 6.07) is 40.2. The van der Waals surface area contributed by atoms with Gasteiger partial charge in [-0.25, -0.2) is 0 Å². The zero-order chi connectivity index (χ0) is 25.4. The van der Waals surface area contributed by atoms with Gasteiger partial charge in [-0.2, -0.15) is 0 Å². The lowest BCUT2D eigenvalue weighted by Gasteiger charge is -2.21. The summed E-state index contributed by atoms with van der Waals surface area (Å²) in [5.41, 5.74) is 15.8. The van der Waals surface area contributed by atoms with E-state index in [0.29, 0.717) is 0 Å². The Morgan fingerprint density at radius 3 is 1.59 bits per heavy atom. The molecule has 5 aromatic rings. The average Bonchev–Trinajstić information content (AvgIpc) is 3.28. The summed E-state index contributed by atoms with van der Waals surface area (Å²) in [6.45, 7) is 9.31. The molecule has 37 heavy (non-hydrogen) atoms. The summed E-state index contributed by atoms with van der Waals surface area (Å²) in [5, 5.41) is 3.68. The predicted molar refractivity (Wildman–Crippen MR) is 157 cm³/mol. The van der Waals surface area contributed by atoms with E-state index in [1.807, 2.05) is 0 Å². The largest absolute Gasteiger partial charge is 0.355 e. The van der Waals surface area contributed by atoms with Gasteiger partial charge in [-0.3, -0.25) is 0 Å². The number of rotatable bonds is 3. The monoisotopic (exact) mass is 477 g/mol. The van der Waals surface area contributed by atoms with Crippen molar-refractivity contribution in [3.05, 3.63) is 131 Å². The second kappa shape index (κ2) is 7.70. The zero-order valence-electron chi connectivity index (χ0n) is 21.9. The molecule has 5 aromatic carbocycles. The summed E-state index contributed by atoms with van der Waals surface area (Å²) >= 11 is 0. The van der Waals surface area contributed by atoms with Gasteiger partial charge in [0, 0.05) is 22.2 Å². The molecule has 2 aliphatic carbocycles. The van der Waals surface area contributed by atoms with Crippen LogP contribution < -0.4 is 5.32 Å². The molecule has 0 amide bonds. The molecule has 7 rings (SSSR count). The Bertz CT molecular complexity index is 1700. The number of hydrogen-bond acceptors (Lipinski definition) is 1. The predicted octanol–water partition coefficient (Wildman–Crippen LogP) is 9.71. The molecular formula is C36H31N. The van der Waals surface area contributed by atoms with Crippen molar-refractivity contribution in [2.24, 2.45) is 0 Å². The quantitative estimate of drug-likeness (QED) is 0.273. The molecule has 2 aliphatic rings. The average molecular weight is 478 g/mol. The Morgan fingerprint density at radius 2 is 0.919 bits per heavy atom. The standard InChI is InChI=1S/C36H31N/c1-35(2)31-14-7-5-12-27(31)29-21-24(16-18-33(29)35)23-10-9-11-25(20-23)37-26-17-19-34-30(22-26)28-13-6-8-15-32(28)36(34,3)4/h5-22,37H,1-4H3. The number of anilines is 2. The SMILES string of the molecule is CC1(C)c2ccccc2-c2cc(Nc3cccc(-c4ccc5c(c4)-c4ccccc4C5(C)C)c3)ccc21. The van der Waals surface area contributed by atoms with Crippen molar-refractivity contribution < 1.29 is 0 Å². The van der Waals surface area contributed by atoms with Gasteiger partial charge < -0.3 is 5.32 Å². The van der Waals surface area contributed by atoms with Crippen LogP contribution in [-0.4, -0.2) is 0 Å². The molecule has 1 N–H and O–H groups in total. The van der Waals surface area contributed by atoms with Crippen LogP contribution in [0, 0.1) is 0 Å². The Kier molecular flexibility index (Phi) is 4.60. The normalized spacial score (nSPS) is 15.5. The molecule has 0 aromatic heterocycles. The second-order valence-corrected chi connectivity index (χ2v) is 11.6. The molecule has 1 nitrogen and oxygen atoms in total.